The molecule has 0 unspecified atom stereocenters. The van der Waals surface area contributed by atoms with Crippen LogP contribution >= 0.6 is 0 Å². The summed E-state index contributed by atoms with van der Waals surface area (Å²) in [5.74, 6) is -1.44. The van der Waals surface area contributed by atoms with E-state index < -0.39 is 11.4 Å². The Bertz CT molecular complexity index is 546. The summed E-state index contributed by atoms with van der Waals surface area (Å²) < 4.78 is 0. The quantitative estimate of drug-likeness (QED) is 0.795. The summed E-state index contributed by atoms with van der Waals surface area (Å²) >= 11 is 0. The van der Waals surface area contributed by atoms with E-state index in [1.54, 1.807) is 19.1 Å². The number of carboxylic acids is 1. The second-order valence-corrected chi connectivity index (χ2v) is 4.70. The van der Waals surface area contributed by atoms with E-state index in [1.165, 1.54) is 12.1 Å². The molecule has 0 saturated heterocycles. The zero-order chi connectivity index (χ0) is 14.0. The number of Topliss-reactive ketones (excluding diaryl/α,β-unsaturated/α-hetero) is 1. The van der Waals surface area contributed by atoms with Gasteiger partial charge in [0, 0.05) is 12.1 Å². The van der Waals surface area contributed by atoms with E-state index in [0.29, 0.717) is 24.9 Å². The largest absolute Gasteiger partial charge is 0.478 e. The molecular formula is C14H15NO4. The van der Waals surface area contributed by atoms with Crippen LogP contribution in [-0.2, 0) is 9.59 Å². The molecule has 1 saturated carbocycles. The molecule has 1 amide bonds. The normalized spacial score (nSPS) is 15.6. The Morgan fingerprint density at radius 1 is 1.32 bits per heavy atom. The molecule has 1 aromatic carbocycles. The zero-order valence-electron chi connectivity index (χ0n) is 10.6. The van der Waals surface area contributed by atoms with Gasteiger partial charge in [0.25, 0.3) is 0 Å². The number of carbonyl (C=O) groups is 3. The van der Waals surface area contributed by atoms with Crippen molar-refractivity contribution in [3.63, 3.8) is 0 Å². The van der Waals surface area contributed by atoms with Crippen LogP contribution in [0.2, 0.25) is 0 Å². The third-order valence-corrected chi connectivity index (χ3v) is 3.41. The molecule has 100 valence electrons. The van der Waals surface area contributed by atoms with E-state index in [1.807, 2.05) is 0 Å². The molecule has 2 N–H and O–H groups in total. The van der Waals surface area contributed by atoms with Crippen molar-refractivity contribution in [2.75, 3.05) is 5.32 Å². The van der Waals surface area contributed by atoms with Crippen molar-refractivity contribution in [3.05, 3.63) is 29.8 Å². The molecule has 0 heterocycles. The predicted molar refractivity (Wildman–Crippen MR) is 69.0 cm³/mol. The summed E-state index contributed by atoms with van der Waals surface area (Å²) in [4.78, 5) is 34.7. The summed E-state index contributed by atoms with van der Waals surface area (Å²) in [7, 11) is 0. The topological polar surface area (TPSA) is 83.5 Å². The lowest BCUT2D eigenvalue weighted by Gasteiger charge is -2.13. The first kappa shape index (κ1) is 13.3. The van der Waals surface area contributed by atoms with Gasteiger partial charge in [0.05, 0.1) is 5.56 Å². The lowest BCUT2D eigenvalue weighted by atomic mass is 9.98. The number of amides is 1. The molecule has 1 fully saturated rings. The van der Waals surface area contributed by atoms with Crippen molar-refractivity contribution < 1.29 is 19.5 Å². The number of aromatic carboxylic acids is 1. The lowest BCUT2D eigenvalue weighted by Crippen LogP contribution is -2.31. The summed E-state index contributed by atoms with van der Waals surface area (Å²) in [5, 5.41) is 11.5. The number of hydrogen-bond acceptors (Lipinski definition) is 3. The van der Waals surface area contributed by atoms with Crippen molar-refractivity contribution in [1.29, 1.82) is 0 Å². The van der Waals surface area contributed by atoms with Crippen molar-refractivity contribution in [2.45, 2.75) is 26.2 Å². The van der Waals surface area contributed by atoms with E-state index >= 15 is 0 Å². The summed E-state index contributed by atoms with van der Waals surface area (Å²) in [6.07, 6.45) is 1.48. The molecule has 1 aliphatic rings. The van der Waals surface area contributed by atoms with Gasteiger partial charge in [-0.3, -0.25) is 9.59 Å². The molecule has 0 aromatic heterocycles. The van der Waals surface area contributed by atoms with Gasteiger partial charge in [-0.05, 0) is 31.0 Å². The third-order valence-electron chi connectivity index (χ3n) is 3.41. The highest BCUT2D eigenvalue weighted by Crippen LogP contribution is 2.48. The minimum Gasteiger partial charge on any atom is -0.478 e. The Hall–Kier alpha value is -2.17. The Labute approximate surface area is 110 Å². The van der Waals surface area contributed by atoms with Gasteiger partial charge in [-0.15, -0.1) is 0 Å². The second-order valence-electron chi connectivity index (χ2n) is 4.70. The molecule has 5 heteroatoms. The van der Waals surface area contributed by atoms with Gasteiger partial charge in [-0.2, -0.15) is 0 Å². The van der Waals surface area contributed by atoms with Crippen LogP contribution in [0, 0.1) is 5.41 Å². The van der Waals surface area contributed by atoms with E-state index in [9.17, 15) is 14.4 Å². The minimum absolute atomic E-state index is 0.0561. The molecular weight excluding hydrogens is 246 g/mol. The maximum absolute atomic E-state index is 12.1. The number of anilines is 1. The molecule has 2 rings (SSSR count). The minimum atomic E-state index is -1.05. The lowest BCUT2D eigenvalue weighted by molar-refractivity contribution is -0.132. The predicted octanol–water partition coefficient (Wildman–Crippen LogP) is 2.08. The van der Waals surface area contributed by atoms with E-state index in [0.717, 1.165) is 0 Å². The van der Waals surface area contributed by atoms with Crippen LogP contribution in [0.15, 0.2) is 24.3 Å². The van der Waals surface area contributed by atoms with Crippen LogP contribution < -0.4 is 5.32 Å². The molecule has 0 bridgehead atoms. The maximum atomic E-state index is 12.1. The van der Waals surface area contributed by atoms with Crippen LogP contribution in [-0.4, -0.2) is 22.8 Å². The Balaban J connectivity index is 2.14. The molecule has 0 spiro atoms. The van der Waals surface area contributed by atoms with Gasteiger partial charge in [-0.1, -0.05) is 13.0 Å². The fourth-order valence-electron chi connectivity index (χ4n) is 2.08. The van der Waals surface area contributed by atoms with E-state index in [4.69, 9.17) is 5.11 Å². The molecule has 19 heavy (non-hydrogen) atoms. The number of benzene rings is 1. The summed E-state index contributed by atoms with van der Waals surface area (Å²) in [6.45, 7) is 1.74. The Morgan fingerprint density at radius 2 is 2.00 bits per heavy atom. The monoisotopic (exact) mass is 261 g/mol. The van der Waals surface area contributed by atoms with Gasteiger partial charge in [0.1, 0.15) is 11.2 Å². The van der Waals surface area contributed by atoms with Gasteiger partial charge in [0.2, 0.25) is 5.91 Å². The van der Waals surface area contributed by atoms with E-state index in [-0.39, 0.29) is 17.3 Å². The fraction of sp³-hybridized carbons (Fsp3) is 0.357. The number of carbonyl (C=O) groups excluding carboxylic acids is 2. The Kier molecular flexibility index (Phi) is 3.38. The molecule has 1 aliphatic carbocycles. The number of nitrogens with one attached hydrogen (secondary N) is 1. The molecule has 0 radical (unpaired) electrons. The number of ketones is 1. The van der Waals surface area contributed by atoms with Crippen LogP contribution in [0.5, 0.6) is 0 Å². The fourth-order valence-corrected chi connectivity index (χ4v) is 2.08. The van der Waals surface area contributed by atoms with Gasteiger partial charge >= 0.3 is 5.97 Å². The number of rotatable bonds is 5. The molecule has 0 aliphatic heterocycles. The second kappa shape index (κ2) is 4.84. The first-order valence-electron chi connectivity index (χ1n) is 6.18. The van der Waals surface area contributed by atoms with Crippen LogP contribution in [0.25, 0.3) is 0 Å². The van der Waals surface area contributed by atoms with Gasteiger partial charge in [0.15, 0.2) is 0 Å². The van der Waals surface area contributed by atoms with Crippen LogP contribution in [0.3, 0.4) is 0 Å². The van der Waals surface area contributed by atoms with E-state index in [2.05, 4.69) is 5.32 Å². The third kappa shape index (κ3) is 2.50. The highest BCUT2D eigenvalue weighted by Gasteiger charge is 2.55. The summed E-state index contributed by atoms with van der Waals surface area (Å²) in [5.41, 5.74) is -0.377. The molecule has 1 aromatic rings. The average Bonchev–Trinajstić information content (AvgIpc) is 3.19. The smallest absolute Gasteiger partial charge is 0.335 e. The Morgan fingerprint density at radius 3 is 2.53 bits per heavy atom. The highest BCUT2D eigenvalue weighted by atomic mass is 16.4. The standard InChI is InChI=1S/C14H15NO4/c1-2-11(16)14(6-7-14)13(19)15-10-5-3-4-9(8-10)12(17)18/h3-5,8H,2,6-7H2,1H3,(H,15,19)(H,17,18). The van der Waals surface area contributed by atoms with Crippen molar-refractivity contribution in [3.8, 4) is 0 Å². The zero-order valence-corrected chi connectivity index (χ0v) is 10.6. The van der Waals surface area contributed by atoms with Crippen molar-refractivity contribution in [1.82, 2.24) is 0 Å². The molecule has 5 nitrogen and oxygen atoms in total. The average molecular weight is 261 g/mol. The summed E-state index contributed by atoms with van der Waals surface area (Å²) in [6, 6.07) is 5.99. The van der Waals surface area contributed by atoms with Gasteiger partial charge in [-0.25, -0.2) is 4.79 Å². The van der Waals surface area contributed by atoms with Gasteiger partial charge < -0.3 is 10.4 Å². The van der Waals surface area contributed by atoms with Crippen molar-refractivity contribution >= 4 is 23.3 Å². The maximum Gasteiger partial charge on any atom is 0.335 e. The number of carboxylic acid groups (broad SMARTS) is 1. The molecule has 0 atom stereocenters. The van der Waals surface area contributed by atoms with Crippen molar-refractivity contribution in [2.24, 2.45) is 5.41 Å². The number of hydrogen-bond donors (Lipinski definition) is 2. The first-order valence-corrected chi connectivity index (χ1v) is 6.18. The first-order chi connectivity index (χ1) is 8.99. The van der Waals surface area contributed by atoms with Crippen LogP contribution in [0.1, 0.15) is 36.5 Å². The SMILES string of the molecule is CCC(=O)C1(C(=O)Nc2cccc(C(=O)O)c2)CC1. The van der Waals surface area contributed by atoms with Crippen LogP contribution in [0.4, 0.5) is 5.69 Å². The highest BCUT2D eigenvalue weighted by molar-refractivity contribution is 6.13.